The lowest BCUT2D eigenvalue weighted by molar-refractivity contribution is -0.120. The molecule has 0 unspecified atom stereocenters. The Kier molecular flexibility index (Phi) is 4.65. The summed E-state index contributed by atoms with van der Waals surface area (Å²) in [6.45, 7) is 4.03. The highest BCUT2D eigenvalue weighted by Crippen LogP contribution is 2.16. The maximum atomic E-state index is 12.2. The topological polar surface area (TPSA) is 98.9 Å². The molecule has 0 aliphatic heterocycles. The van der Waals surface area contributed by atoms with E-state index in [0.29, 0.717) is 5.39 Å². The molecule has 0 radical (unpaired) electrons. The van der Waals surface area contributed by atoms with E-state index < -0.39 is 5.91 Å². The fourth-order valence-corrected chi connectivity index (χ4v) is 2.55. The average Bonchev–Trinajstić information content (AvgIpc) is 3.03. The Hall–Kier alpha value is -3.35. The second kappa shape index (κ2) is 7.04. The van der Waals surface area contributed by atoms with Gasteiger partial charge in [-0.25, -0.2) is 0 Å². The van der Waals surface area contributed by atoms with Gasteiger partial charge in [0.15, 0.2) is 5.69 Å². The maximum Gasteiger partial charge on any atom is 0.290 e. The molecule has 0 saturated carbocycles. The highest BCUT2D eigenvalue weighted by atomic mass is 16.2. The summed E-state index contributed by atoms with van der Waals surface area (Å²) in [6, 6.07) is 13.2. The summed E-state index contributed by atoms with van der Waals surface area (Å²) in [4.78, 5) is 24.1. The van der Waals surface area contributed by atoms with Crippen molar-refractivity contribution < 1.29 is 9.59 Å². The predicted molar refractivity (Wildman–Crippen MR) is 96.1 cm³/mol. The molecular formula is C18H19N5O2. The largest absolute Gasteiger partial charge is 0.376 e. The second-order valence-electron chi connectivity index (χ2n) is 5.79. The number of aryl methyl sites for hydroxylation is 2. The third-order valence-electron chi connectivity index (χ3n) is 3.82. The first-order valence-electron chi connectivity index (χ1n) is 7.88. The Morgan fingerprint density at radius 1 is 1.08 bits per heavy atom. The molecular weight excluding hydrogens is 318 g/mol. The number of para-hydroxylation sites is 1. The molecule has 7 heteroatoms. The molecule has 0 spiro atoms. The number of hydrogen-bond donors (Lipinski definition) is 4. The molecule has 0 fully saturated rings. The SMILES string of the molecule is Cc1ccc(NCC(=O)NNC(=O)c2n[nH]c3ccccc23)c(C)c1. The van der Waals surface area contributed by atoms with Crippen LogP contribution >= 0.6 is 0 Å². The van der Waals surface area contributed by atoms with Gasteiger partial charge in [-0.15, -0.1) is 0 Å². The number of fused-ring (bicyclic) bond motifs is 1. The van der Waals surface area contributed by atoms with Gasteiger partial charge in [-0.1, -0.05) is 35.9 Å². The predicted octanol–water partition coefficient (Wildman–Crippen LogP) is 2.05. The van der Waals surface area contributed by atoms with Crippen molar-refractivity contribution in [2.24, 2.45) is 0 Å². The van der Waals surface area contributed by atoms with Crippen molar-refractivity contribution in [3.63, 3.8) is 0 Å². The van der Waals surface area contributed by atoms with Gasteiger partial charge in [0.05, 0.1) is 12.1 Å². The smallest absolute Gasteiger partial charge is 0.290 e. The zero-order chi connectivity index (χ0) is 17.8. The van der Waals surface area contributed by atoms with Crippen molar-refractivity contribution in [1.82, 2.24) is 21.0 Å². The summed E-state index contributed by atoms with van der Waals surface area (Å²) in [5.41, 5.74) is 8.85. The van der Waals surface area contributed by atoms with Crippen LogP contribution in [0.5, 0.6) is 0 Å². The molecule has 25 heavy (non-hydrogen) atoms. The number of H-pyrrole nitrogens is 1. The molecule has 1 heterocycles. The van der Waals surface area contributed by atoms with Crippen molar-refractivity contribution in [1.29, 1.82) is 0 Å². The minimum Gasteiger partial charge on any atom is -0.376 e. The summed E-state index contributed by atoms with van der Waals surface area (Å²) in [6.07, 6.45) is 0. The van der Waals surface area contributed by atoms with E-state index >= 15 is 0 Å². The fourth-order valence-electron chi connectivity index (χ4n) is 2.55. The lowest BCUT2D eigenvalue weighted by Crippen LogP contribution is -2.44. The number of benzene rings is 2. The number of carbonyl (C=O) groups excluding carboxylic acids is 2. The molecule has 0 bridgehead atoms. The Morgan fingerprint density at radius 2 is 1.88 bits per heavy atom. The Balaban J connectivity index is 1.54. The summed E-state index contributed by atoms with van der Waals surface area (Å²) >= 11 is 0. The van der Waals surface area contributed by atoms with E-state index in [2.05, 4.69) is 26.4 Å². The van der Waals surface area contributed by atoms with Gasteiger partial charge in [0, 0.05) is 11.1 Å². The van der Waals surface area contributed by atoms with Gasteiger partial charge in [-0.05, 0) is 31.5 Å². The standard InChI is InChI=1S/C18H19N5O2/c1-11-7-8-14(12(2)9-11)19-10-16(24)21-23-18(25)17-13-5-3-4-6-15(13)20-22-17/h3-9,19H,10H2,1-2H3,(H,20,22)(H,21,24)(H,23,25). The van der Waals surface area contributed by atoms with Crippen molar-refractivity contribution in [3.05, 3.63) is 59.3 Å². The van der Waals surface area contributed by atoms with Gasteiger partial charge in [0.1, 0.15) is 0 Å². The summed E-state index contributed by atoms with van der Waals surface area (Å²) in [5, 5.41) is 10.5. The summed E-state index contributed by atoms with van der Waals surface area (Å²) in [7, 11) is 0. The third kappa shape index (κ3) is 3.77. The molecule has 7 nitrogen and oxygen atoms in total. The van der Waals surface area contributed by atoms with Crippen LogP contribution in [-0.4, -0.2) is 28.6 Å². The van der Waals surface area contributed by atoms with Crippen LogP contribution in [0.4, 0.5) is 5.69 Å². The van der Waals surface area contributed by atoms with Crippen LogP contribution in [0.25, 0.3) is 10.9 Å². The van der Waals surface area contributed by atoms with Crippen LogP contribution in [0.1, 0.15) is 21.6 Å². The molecule has 0 saturated heterocycles. The molecule has 0 atom stereocenters. The number of hydrogen-bond acceptors (Lipinski definition) is 4. The number of aromatic nitrogens is 2. The highest BCUT2D eigenvalue weighted by Gasteiger charge is 2.14. The number of hydrazine groups is 1. The lowest BCUT2D eigenvalue weighted by atomic mass is 10.1. The van der Waals surface area contributed by atoms with Crippen LogP contribution in [-0.2, 0) is 4.79 Å². The average molecular weight is 337 g/mol. The molecule has 4 N–H and O–H groups in total. The normalized spacial score (nSPS) is 10.5. The van der Waals surface area contributed by atoms with Crippen LogP contribution in [0.2, 0.25) is 0 Å². The third-order valence-corrected chi connectivity index (χ3v) is 3.82. The van der Waals surface area contributed by atoms with Gasteiger partial charge in [-0.2, -0.15) is 5.10 Å². The van der Waals surface area contributed by atoms with Crippen molar-refractivity contribution in [3.8, 4) is 0 Å². The molecule has 0 aliphatic rings. The van der Waals surface area contributed by atoms with Crippen molar-refractivity contribution in [2.75, 3.05) is 11.9 Å². The van der Waals surface area contributed by atoms with Gasteiger partial charge in [0.25, 0.3) is 11.8 Å². The molecule has 3 rings (SSSR count). The number of nitrogens with one attached hydrogen (secondary N) is 4. The van der Waals surface area contributed by atoms with E-state index in [1.807, 2.05) is 50.2 Å². The Labute approximate surface area is 144 Å². The zero-order valence-corrected chi connectivity index (χ0v) is 14.0. The summed E-state index contributed by atoms with van der Waals surface area (Å²) in [5.74, 6) is -0.828. The summed E-state index contributed by atoms with van der Waals surface area (Å²) < 4.78 is 0. The van der Waals surface area contributed by atoms with Crippen LogP contribution < -0.4 is 16.2 Å². The number of anilines is 1. The van der Waals surface area contributed by atoms with E-state index in [-0.39, 0.29) is 18.1 Å². The number of carbonyl (C=O) groups is 2. The van der Waals surface area contributed by atoms with E-state index in [9.17, 15) is 9.59 Å². The van der Waals surface area contributed by atoms with Gasteiger partial charge >= 0.3 is 0 Å². The van der Waals surface area contributed by atoms with E-state index in [1.54, 1.807) is 6.07 Å². The van der Waals surface area contributed by atoms with E-state index in [0.717, 1.165) is 22.3 Å². The number of aromatic amines is 1. The lowest BCUT2D eigenvalue weighted by Gasteiger charge is -2.11. The first-order valence-corrected chi connectivity index (χ1v) is 7.88. The zero-order valence-electron chi connectivity index (χ0n) is 14.0. The Bertz CT molecular complexity index is 932. The number of nitrogens with zero attached hydrogens (tertiary/aromatic N) is 1. The van der Waals surface area contributed by atoms with Crippen LogP contribution in [0, 0.1) is 13.8 Å². The first-order chi connectivity index (χ1) is 12.0. The van der Waals surface area contributed by atoms with Gasteiger partial charge < -0.3 is 5.32 Å². The minimum absolute atomic E-state index is 0.0471. The molecule has 3 aromatic rings. The monoisotopic (exact) mass is 337 g/mol. The van der Waals surface area contributed by atoms with Crippen molar-refractivity contribution >= 4 is 28.4 Å². The second-order valence-corrected chi connectivity index (χ2v) is 5.79. The number of rotatable bonds is 4. The molecule has 2 amide bonds. The maximum absolute atomic E-state index is 12.2. The first kappa shape index (κ1) is 16.5. The van der Waals surface area contributed by atoms with Crippen LogP contribution in [0.3, 0.4) is 0 Å². The van der Waals surface area contributed by atoms with Gasteiger partial charge in [-0.3, -0.25) is 25.5 Å². The molecule has 1 aromatic heterocycles. The van der Waals surface area contributed by atoms with E-state index in [1.165, 1.54) is 0 Å². The van der Waals surface area contributed by atoms with E-state index in [4.69, 9.17) is 0 Å². The molecule has 2 aromatic carbocycles. The van der Waals surface area contributed by atoms with Crippen molar-refractivity contribution in [2.45, 2.75) is 13.8 Å². The molecule has 0 aliphatic carbocycles. The van der Waals surface area contributed by atoms with Gasteiger partial charge in [0.2, 0.25) is 0 Å². The molecule has 128 valence electrons. The highest BCUT2D eigenvalue weighted by molar-refractivity contribution is 6.05. The number of amides is 2. The fraction of sp³-hybridized carbons (Fsp3) is 0.167. The quantitative estimate of drug-likeness (QED) is 0.548. The Morgan fingerprint density at radius 3 is 2.68 bits per heavy atom. The van der Waals surface area contributed by atoms with Crippen LogP contribution in [0.15, 0.2) is 42.5 Å². The minimum atomic E-state index is -0.475.